The van der Waals surface area contributed by atoms with Crippen molar-refractivity contribution >= 4 is 0 Å². The first-order valence-electron chi connectivity index (χ1n) is 4.75. The predicted octanol–water partition coefficient (Wildman–Crippen LogP) is 3.11. The predicted molar refractivity (Wildman–Crippen MR) is 49.1 cm³/mol. The Balaban J connectivity index is 2.15. The molecule has 1 heterocycles. The summed E-state index contributed by atoms with van der Waals surface area (Å²) in [6.07, 6.45) is 6.18. The summed E-state index contributed by atoms with van der Waals surface area (Å²) in [4.78, 5) is 0. The van der Waals surface area contributed by atoms with Gasteiger partial charge >= 0.3 is 0 Å². The van der Waals surface area contributed by atoms with E-state index in [4.69, 9.17) is 4.52 Å². The second-order valence-electron chi connectivity index (χ2n) is 3.25. The van der Waals surface area contributed by atoms with E-state index in [1.807, 2.05) is 13.0 Å². The van der Waals surface area contributed by atoms with Crippen LogP contribution in [-0.2, 0) is 6.42 Å². The molecule has 0 saturated heterocycles. The molecule has 0 fully saturated rings. The standard InChI is InChI=1S/C10H17NO/c1-3-4-5-6-7-10-8-9(2)11-12-10/h8H,3-7H2,1-2H3. The lowest BCUT2D eigenvalue weighted by Gasteiger charge is -1.94. The summed E-state index contributed by atoms with van der Waals surface area (Å²) in [7, 11) is 0. The Morgan fingerprint density at radius 2 is 2.17 bits per heavy atom. The van der Waals surface area contributed by atoms with Crippen molar-refractivity contribution in [2.45, 2.75) is 46.0 Å². The first kappa shape index (κ1) is 9.30. The van der Waals surface area contributed by atoms with Crippen LogP contribution < -0.4 is 0 Å². The number of rotatable bonds is 5. The van der Waals surface area contributed by atoms with Crippen LogP contribution in [0.4, 0.5) is 0 Å². The van der Waals surface area contributed by atoms with Crippen molar-refractivity contribution in [3.8, 4) is 0 Å². The van der Waals surface area contributed by atoms with Gasteiger partial charge < -0.3 is 4.52 Å². The fraction of sp³-hybridized carbons (Fsp3) is 0.700. The number of unbranched alkanes of at least 4 members (excludes halogenated alkanes) is 3. The Hall–Kier alpha value is -0.790. The minimum Gasteiger partial charge on any atom is -0.361 e. The van der Waals surface area contributed by atoms with Crippen molar-refractivity contribution in [1.82, 2.24) is 5.16 Å². The van der Waals surface area contributed by atoms with Crippen molar-refractivity contribution in [2.75, 3.05) is 0 Å². The molecule has 0 aliphatic carbocycles. The van der Waals surface area contributed by atoms with E-state index in [9.17, 15) is 0 Å². The van der Waals surface area contributed by atoms with Gasteiger partial charge in [-0.15, -0.1) is 0 Å². The van der Waals surface area contributed by atoms with Crippen LogP contribution >= 0.6 is 0 Å². The quantitative estimate of drug-likeness (QED) is 0.630. The summed E-state index contributed by atoms with van der Waals surface area (Å²) >= 11 is 0. The zero-order chi connectivity index (χ0) is 8.81. The molecule has 2 nitrogen and oxygen atoms in total. The minimum absolute atomic E-state index is 0.987. The van der Waals surface area contributed by atoms with E-state index in [2.05, 4.69) is 12.1 Å². The Morgan fingerprint density at radius 3 is 2.75 bits per heavy atom. The van der Waals surface area contributed by atoms with Crippen LogP contribution in [0.5, 0.6) is 0 Å². The highest BCUT2D eigenvalue weighted by Gasteiger charge is 1.98. The van der Waals surface area contributed by atoms with E-state index < -0.39 is 0 Å². The molecule has 1 rings (SSSR count). The maximum Gasteiger partial charge on any atom is 0.136 e. The third-order valence-corrected chi connectivity index (χ3v) is 1.95. The molecule has 0 amide bonds. The van der Waals surface area contributed by atoms with Crippen molar-refractivity contribution in [3.05, 3.63) is 17.5 Å². The second kappa shape index (κ2) is 4.96. The summed E-state index contributed by atoms with van der Waals surface area (Å²) < 4.78 is 5.09. The molecule has 1 aromatic rings. The minimum atomic E-state index is 0.987. The second-order valence-corrected chi connectivity index (χ2v) is 3.25. The van der Waals surface area contributed by atoms with E-state index in [-0.39, 0.29) is 0 Å². The first-order valence-corrected chi connectivity index (χ1v) is 4.75. The van der Waals surface area contributed by atoms with E-state index in [0.29, 0.717) is 0 Å². The van der Waals surface area contributed by atoms with Crippen molar-refractivity contribution in [2.24, 2.45) is 0 Å². The molecule has 68 valence electrons. The fourth-order valence-electron chi connectivity index (χ4n) is 1.26. The van der Waals surface area contributed by atoms with Gasteiger partial charge in [0.1, 0.15) is 5.76 Å². The molecule has 0 saturated carbocycles. The molecule has 0 spiro atoms. The third-order valence-electron chi connectivity index (χ3n) is 1.95. The van der Waals surface area contributed by atoms with Gasteiger partial charge in [0.25, 0.3) is 0 Å². The van der Waals surface area contributed by atoms with Gasteiger partial charge in [-0.1, -0.05) is 31.3 Å². The van der Waals surface area contributed by atoms with Crippen LogP contribution in [0.3, 0.4) is 0 Å². The van der Waals surface area contributed by atoms with Gasteiger partial charge in [-0.25, -0.2) is 0 Å². The molecule has 0 bridgehead atoms. The highest BCUT2D eigenvalue weighted by atomic mass is 16.5. The molecular weight excluding hydrogens is 150 g/mol. The third kappa shape index (κ3) is 3.07. The molecule has 2 heteroatoms. The van der Waals surface area contributed by atoms with Crippen LogP contribution in [-0.4, -0.2) is 5.16 Å². The zero-order valence-electron chi connectivity index (χ0n) is 7.97. The molecule has 0 aliphatic rings. The van der Waals surface area contributed by atoms with Gasteiger partial charge in [-0.3, -0.25) is 0 Å². The van der Waals surface area contributed by atoms with Crippen molar-refractivity contribution in [3.63, 3.8) is 0 Å². The molecule has 0 radical (unpaired) electrons. The van der Waals surface area contributed by atoms with Crippen LogP contribution in [0.25, 0.3) is 0 Å². The van der Waals surface area contributed by atoms with Crippen LogP contribution in [0, 0.1) is 6.92 Å². The Kier molecular flexibility index (Phi) is 3.85. The highest BCUT2D eigenvalue weighted by Crippen LogP contribution is 2.08. The number of aryl methyl sites for hydroxylation is 2. The molecule has 0 atom stereocenters. The number of hydrogen-bond donors (Lipinski definition) is 0. The summed E-state index contributed by atoms with van der Waals surface area (Å²) in [5, 5.41) is 3.84. The average Bonchev–Trinajstić information content (AvgIpc) is 2.45. The summed E-state index contributed by atoms with van der Waals surface area (Å²) in [6.45, 7) is 4.18. The van der Waals surface area contributed by atoms with Crippen LogP contribution in [0.15, 0.2) is 10.6 Å². The Morgan fingerprint density at radius 1 is 1.33 bits per heavy atom. The molecule has 0 N–H and O–H groups in total. The smallest absolute Gasteiger partial charge is 0.136 e. The number of aromatic nitrogens is 1. The van der Waals surface area contributed by atoms with Gasteiger partial charge in [0.05, 0.1) is 5.69 Å². The lowest BCUT2D eigenvalue weighted by Crippen LogP contribution is -1.82. The van der Waals surface area contributed by atoms with E-state index in [0.717, 1.165) is 17.9 Å². The number of nitrogens with zero attached hydrogens (tertiary/aromatic N) is 1. The molecule has 12 heavy (non-hydrogen) atoms. The molecule has 1 aromatic heterocycles. The van der Waals surface area contributed by atoms with Crippen LogP contribution in [0.2, 0.25) is 0 Å². The van der Waals surface area contributed by atoms with Gasteiger partial charge in [0.2, 0.25) is 0 Å². The summed E-state index contributed by atoms with van der Waals surface area (Å²) in [6, 6.07) is 2.02. The molecule has 0 unspecified atom stereocenters. The number of hydrogen-bond acceptors (Lipinski definition) is 2. The lowest BCUT2D eigenvalue weighted by atomic mass is 10.1. The van der Waals surface area contributed by atoms with Crippen LogP contribution in [0.1, 0.15) is 44.1 Å². The van der Waals surface area contributed by atoms with Crippen molar-refractivity contribution < 1.29 is 4.52 Å². The van der Waals surface area contributed by atoms with Gasteiger partial charge in [0, 0.05) is 12.5 Å². The summed E-state index contributed by atoms with van der Waals surface area (Å²) in [5.41, 5.74) is 0.987. The van der Waals surface area contributed by atoms with Gasteiger partial charge in [-0.05, 0) is 13.3 Å². The topological polar surface area (TPSA) is 26.0 Å². The largest absolute Gasteiger partial charge is 0.361 e. The summed E-state index contributed by atoms with van der Waals surface area (Å²) in [5.74, 6) is 1.03. The maximum absolute atomic E-state index is 5.09. The van der Waals surface area contributed by atoms with E-state index in [1.54, 1.807) is 0 Å². The molecular formula is C10H17NO. The monoisotopic (exact) mass is 167 g/mol. The first-order chi connectivity index (χ1) is 5.83. The van der Waals surface area contributed by atoms with E-state index in [1.165, 1.54) is 25.7 Å². The van der Waals surface area contributed by atoms with Gasteiger partial charge in [-0.2, -0.15) is 0 Å². The SMILES string of the molecule is CCCCCCc1cc(C)no1. The normalized spacial score (nSPS) is 10.5. The maximum atomic E-state index is 5.09. The van der Waals surface area contributed by atoms with Crippen molar-refractivity contribution in [1.29, 1.82) is 0 Å². The molecule has 0 aromatic carbocycles. The molecule has 0 aliphatic heterocycles. The van der Waals surface area contributed by atoms with E-state index >= 15 is 0 Å². The Bertz CT molecular complexity index is 217. The average molecular weight is 167 g/mol. The lowest BCUT2D eigenvalue weighted by molar-refractivity contribution is 0.375. The fourth-order valence-corrected chi connectivity index (χ4v) is 1.26. The zero-order valence-corrected chi connectivity index (χ0v) is 7.97. The highest BCUT2D eigenvalue weighted by molar-refractivity contribution is 5.02. The van der Waals surface area contributed by atoms with Gasteiger partial charge in [0.15, 0.2) is 0 Å². The Labute approximate surface area is 74.0 Å².